The van der Waals surface area contributed by atoms with Crippen LogP contribution in [-0.2, 0) is 19.3 Å². The molecule has 2 heteroatoms. The van der Waals surface area contributed by atoms with E-state index in [4.69, 9.17) is 0 Å². The maximum absolute atomic E-state index is 4.28. The zero-order valence-electron chi connectivity index (χ0n) is 17.5. The third-order valence-corrected chi connectivity index (χ3v) is 5.53. The largest absolute Gasteiger partial charge is 0.349 e. The lowest BCUT2D eigenvalue weighted by atomic mass is 10.0. The maximum Gasteiger partial charge on any atom is 0.105 e. The summed E-state index contributed by atoms with van der Waals surface area (Å²) in [5.74, 6) is 1.13. The summed E-state index contributed by atoms with van der Waals surface area (Å²) < 4.78 is 0. The lowest BCUT2D eigenvalue weighted by Gasteiger charge is -2.05. The quantitative estimate of drug-likeness (QED) is 0.306. The molecule has 0 bridgehead atoms. The average Bonchev–Trinajstić information content (AvgIpc) is 3.21. The highest BCUT2D eigenvalue weighted by molar-refractivity contribution is 5.22. The van der Waals surface area contributed by atoms with E-state index in [1.807, 2.05) is 12.4 Å². The Hall–Kier alpha value is -1.57. The zero-order chi connectivity index (χ0) is 19.0. The van der Waals surface area contributed by atoms with Crippen molar-refractivity contribution in [3.05, 3.63) is 53.6 Å². The smallest absolute Gasteiger partial charge is 0.105 e. The summed E-state index contributed by atoms with van der Waals surface area (Å²) in [5, 5.41) is 0. The molecular formula is C25H40N2. The summed E-state index contributed by atoms with van der Waals surface area (Å²) in [6.07, 6.45) is 23.7. The van der Waals surface area contributed by atoms with Gasteiger partial charge in [-0.3, -0.25) is 0 Å². The Kier molecular flexibility index (Phi) is 11.7. The van der Waals surface area contributed by atoms with E-state index in [9.17, 15) is 0 Å². The molecule has 150 valence electrons. The summed E-state index contributed by atoms with van der Waals surface area (Å²) in [6, 6.07) is 9.41. The van der Waals surface area contributed by atoms with Crippen LogP contribution in [0, 0.1) is 0 Å². The Bertz CT molecular complexity index is 557. The molecule has 1 heterocycles. The number of hydrogen-bond acceptors (Lipinski definition) is 1. The molecule has 0 saturated carbocycles. The van der Waals surface area contributed by atoms with Crippen molar-refractivity contribution in [1.29, 1.82) is 0 Å². The van der Waals surface area contributed by atoms with Crippen LogP contribution >= 0.6 is 0 Å². The second kappa shape index (κ2) is 14.5. The molecule has 1 N–H and O–H groups in total. The fourth-order valence-corrected chi connectivity index (χ4v) is 3.75. The Labute approximate surface area is 167 Å². The molecule has 0 spiro atoms. The average molecular weight is 369 g/mol. The third-order valence-electron chi connectivity index (χ3n) is 5.53. The SMILES string of the molecule is CCCCCCCCCCc1ccc(CCCCCCc2ncc[nH]2)cc1. The number of nitrogens with zero attached hydrogens (tertiary/aromatic N) is 1. The lowest BCUT2D eigenvalue weighted by Crippen LogP contribution is -1.91. The van der Waals surface area contributed by atoms with Gasteiger partial charge in [-0.2, -0.15) is 0 Å². The van der Waals surface area contributed by atoms with E-state index in [0.717, 1.165) is 12.2 Å². The highest BCUT2D eigenvalue weighted by atomic mass is 14.9. The molecular weight excluding hydrogens is 328 g/mol. The minimum absolute atomic E-state index is 1.08. The van der Waals surface area contributed by atoms with Crippen molar-refractivity contribution in [2.24, 2.45) is 0 Å². The number of hydrogen-bond donors (Lipinski definition) is 1. The number of aromatic amines is 1. The molecule has 0 aliphatic heterocycles. The summed E-state index contributed by atoms with van der Waals surface area (Å²) in [6.45, 7) is 2.29. The number of imidazole rings is 1. The second-order valence-electron chi connectivity index (χ2n) is 7.99. The van der Waals surface area contributed by atoms with Crippen molar-refractivity contribution in [3.8, 4) is 0 Å². The summed E-state index contributed by atoms with van der Waals surface area (Å²) >= 11 is 0. The van der Waals surface area contributed by atoms with Crippen LogP contribution in [0.3, 0.4) is 0 Å². The molecule has 27 heavy (non-hydrogen) atoms. The van der Waals surface area contributed by atoms with Gasteiger partial charge in [-0.25, -0.2) is 4.98 Å². The van der Waals surface area contributed by atoms with E-state index < -0.39 is 0 Å². The fourth-order valence-electron chi connectivity index (χ4n) is 3.75. The monoisotopic (exact) mass is 368 g/mol. The van der Waals surface area contributed by atoms with Crippen LogP contribution in [0.25, 0.3) is 0 Å². The first-order valence-electron chi connectivity index (χ1n) is 11.4. The molecule has 0 aliphatic rings. The van der Waals surface area contributed by atoms with E-state index in [0.29, 0.717) is 0 Å². The van der Waals surface area contributed by atoms with Gasteiger partial charge in [0.2, 0.25) is 0 Å². The second-order valence-corrected chi connectivity index (χ2v) is 7.99. The summed E-state index contributed by atoms with van der Waals surface area (Å²) in [7, 11) is 0. The van der Waals surface area contributed by atoms with E-state index >= 15 is 0 Å². The molecule has 0 atom stereocenters. The van der Waals surface area contributed by atoms with E-state index in [-0.39, 0.29) is 0 Å². The predicted octanol–water partition coefficient (Wildman–Crippen LogP) is 7.44. The van der Waals surface area contributed by atoms with Crippen molar-refractivity contribution in [2.75, 3.05) is 0 Å². The van der Waals surface area contributed by atoms with Crippen LogP contribution in [-0.4, -0.2) is 9.97 Å². The maximum atomic E-state index is 4.28. The van der Waals surface area contributed by atoms with Crippen LogP contribution in [0.1, 0.15) is 101 Å². The highest BCUT2D eigenvalue weighted by Gasteiger charge is 1.99. The van der Waals surface area contributed by atoms with Crippen molar-refractivity contribution in [2.45, 2.75) is 103 Å². The first-order valence-corrected chi connectivity index (χ1v) is 11.4. The molecule has 1 aromatic carbocycles. The lowest BCUT2D eigenvalue weighted by molar-refractivity contribution is 0.575. The van der Waals surface area contributed by atoms with Crippen LogP contribution in [0.15, 0.2) is 36.7 Å². The standard InChI is InChI=1S/C25H40N2/c1-2-3-4-5-6-7-8-11-14-23-17-19-24(20-18-23)15-12-9-10-13-16-25-26-21-22-27-25/h17-22H,2-16H2,1H3,(H,26,27). The van der Waals surface area contributed by atoms with Gasteiger partial charge >= 0.3 is 0 Å². The number of unbranched alkanes of at least 4 members (excludes halogenated alkanes) is 10. The van der Waals surface area contributed by atoms with Crippen molar-refractivity contribution in [3.63, 3.8) is 0 Å². The van der Waals surface area contributed by atoms with E-state index in [1.54, 1.807) is 0 Å². The van der Waals surface area contributed by atoms with Gasteiger partial charge in [0, 0.05) is 18.8 Å². The molecule has 2 rings (SSSR count). The highest BCUT2D eigenvalue weighted by Crippen LogP contribution is 2.14. The van der Waals surface area contributed by atoms with Crippen LogP contribution in [0.4, 0.5) is 0 Å². The Morgan fingerprint density at radius 1 is 0.630 bits per heavy atom. The number of rotatable bonds is 16. The van der Waals surface area contributed by atoms with Gasteiger partial charge in [0.05, 0.1) is 0 Å². The summed E-state index contributed by atoms with van der Waals surface area (Å²) in [4.78, 5) is 7.46. The van der Waals surface area contributed by atoms with Crippen molar-refractivity contribution in [1.82, 2.24) is 9.97 Å². The first-order chi connectivity index (χ1) is 13.4. The van der Waals surface area contributed by atoms with Gasteiger partial charge in [0.25, 0.3) is 0 Å². The molecule has 0 fully saturated rings. The molecule has 0 radical (unpaired) electrons. The Morgan fingerprint density at radius 3 is 1.59 bits per heavy atom. The van der Waals surface area contributed by atoms with Gasteiger partial charge in [0.15, 0.2) is 0 Å². The van der Waals surface area contributed by atoms with Crippen molar-refractivity contribution >= 4 is 0 Å². The van der Waals surface area contributed by atoms with Gasteiger partial charge in [-0.05, 0) is 43.2 Å². The Morgan fingerprint density at radius 2 is 1.11 bits per heavy atom. The molecule has 2 aromatic rings. The molecule has 1 aromatic heterocycles. The van der Waals surface area contributed by atoms with E-state index in [1.165, 1.54) is 101 Å². The number of benzene rings is 1. The van der Waals surface area contributed by atoms with Crippen molar-refractivity contribution < 1.29 is 0 Å². The number of aromatic nitrogens is 2. The predicted molar refractivity (Wildman–Crippen MR) is 117 cm³/mol. The zero-order valence-corrected chi connectivity index (χ0v) is 17.5. The minimum Gasteiger partial charge on any atom is -0.349 e. The minimum atomic E-state index is 1.08. The summed E-state index contributed by atoms with van der Waals surface area (Å²) in [5.41, 5.74) is 3.02. The van der Waals surface area contributed by atoms with Crippen LogP contribution < -0.4 is 0 Å². The van der Waals surface area contributed by atoms with E-state index in [2.05, 4.69) is 41.2 Å². The molecule has 0 saturated heterocycles. The molecule has 0 unspecified atom stereocenters. The topological polar surface area (TPSA) is 28.7 Å². The molecule has 0 aliphatic carbocycles. The number of H-pyrrole nitrogens is 1. The van der Waals surface area contributed by atoms with Crippen LogP contribution in [0.2, 0.25) is 0 Å². The number of aryl methyl sites for hydroxylation is 3. The van der Waals surface area contributed by atoms with Crippen LogP contribution in [0.5, 0.6) is 0 Å². The normalized spacial score (nSPS) is 11.1. The molecule has 2 nitrogen and oxygen atoms in total. The first kappa shape index (κ1) is 21.7. The van der Waals surface area contributed by atoms with Gasteiger partial charge in [-0.15, -0.1) is 0 Å². The third kappa shape index (κ3) is 10.4. The number of nitrogens with one attached hydrogen (secondary N) is 1. The van der Waals surface area contributed by atoms with Gasteiger partial charge < -0.3 is 4.98 Å². The Balaban J connectivity index is 1.46. The molecule has 0 amide bonds. The fraction of sp³-hybridized carbons (Fsp3) is 0.640. The van der Waals surface area contributed by atoms with Gasteiger partial charge in [-0.1, -0.05) is 89.0 Å². The van der Waals surface area contributed by atoms with Gasteiger partial charge in [0.1, 0.15) is 5.82 Å².